The molecule has 0 N–H and O–H groups in total. The third kappa shape index (κ3) is 4.19. The van der Waals surface area contributed by atoms with E-state index in [0.29, 0.717) is 18.7 Å². The van der Waals surface area contributed by atoms with Crippen LogP contribution >= 0.6 is 0 Å². The van der Waals surface area contributed by atoms with E-state index in [9.17, 15) is 9.59 Å². The Morgan fingerprint density at radius 3 is 2.55 bits per heavy atom. The van der Waals surface area contributed by atoms with Crippen LogP contribution < -0.4 is 10.4 Å². The van der Waals surface area contributed by atoms with Crippen molar-refractivity contribution in [3.8, 4) is 5.75 Å². The molecule has 1 amide bonds. The molecule has 3 aromatic rings. The van der Waals surface area contributed by atoms with Gasteiger partial charge >= 0.3 is 5.63 Å². The highest BCUT2D eigenvalue weighted by atomic mass is 16.5. The molecule has 2 aromatic carbocycles. The molecule has 1 aliphatic carbocycles. The van der Waals surface area contributed by atoms with Crippen LogP contribution in [-0.2, 0) is 6.54 Å². The fraction of sp³-hybridized carbons (Fsp3) is 0.333. The van der Waals surface area contributed by atoms with Gasteiger partial charge in [0, 0.05) is 18.0 Å². The number of carbonyl (C=O) groups is 1. The van der Waals surface area contributed by atoms with Crippen LogP contribution in [0.2, 0.25) is 0 Å². The Bertz CT molecular complexity index is 1050. The lowest BCUT2D eigenvalue weighted by atomic mass is 10.1. The van der Waals surface area contributed by atoms with Gasteiger partial charge in [0.25, 0.3) is 5.91 Å². The highest BCUT2D eigenvalue weighted by Gasteiger charge is 2.29. The molecule has 150 valence electrons. The van der Waals surface area contributed by atoms with Crippen molar-refractivity contribution >= 4 is 16.9 Å². The zero-order chi connectivity index (χ0) is 20.2. The minimum Gasteiger partial charge on any atom is -0.494 e. The summed E-state index contributed by atoms with van der Waals surface area (Å²) in [5.41, 5.74) is 1.02. The van der Waals surface area contributed by atoms with Gasteiger partial charge in [-0.3, -0.25) is 4.79 Å². The van der Waals surface area contributed by atoms with Crippen LogP contribution in [0, 0.1) is 0 Å². The molecule has 0 radical (unpaired) electrons. The van der Waals surface area contributed by atoms with E-state index in [-0.39, 0.29) is 17.5 Å². The quantitative estimate of drug-likeness (QED) is 0.568. The number of amides is 1. The zero-order valence-corrected chi connectivity index (χ0v) is 16.6. The van der Waals surface area contributed by atoms with E-state index in [0.717, 1.165) is 42.4 Å². The van der Waals surface area contributed by atoms with Crippen LogP contribution in [0.3, 0.4) is 0 Å². The number of benzene rings is 2. The summed E-state index contributed by atoms with van der Waals surface area (Å²) in [6.07, 6.45) is 4.12. The topological polar surface area (TPSA) is 59.8 Å². The second-order valence-electron chi connectivity index (χ2n) is 7.43. The second-order valence-corrected chi connectivity index (χ2v) is 7.43. The minimum absolute atomic E-state index is 0.0986. The zero-order valence-electron chi connectivity index (χ0n) is 16.6. The average Bonchev–Trinajstić information content (AvgIpc) is 3.27. The molecule has 1 saturated carbocycles. The molecule has 0 aliphatic heterocycles. The van der Waals surface area contributed by atoms with Crippen LogP contribution in [-0.4, -0.2) is 23.5 Å². The van der Waals surface area contributed by atoms with Gasteiger partial charge in [0.2, 0.25) is 0 Å². The summed E-state index contributed by atoms with van der Waals surface area (Å²) >= 11 is 0. The largest absolute Gasteiger partial charge is 0.494 e. The van der Waals surface area contributed by atoms with E-state index < -0.39 is 5.63 Å². The predicted molar refractivity (Wildman–Crippen MR) is 112 cm³/mol. The molecule has 1 heterocycles. The molecular formula is C24H25NO4. The van der Waals surface area contributed by atoms with Crippen molar-refractivity contribution < 1.29 is 13.9 Å². The fourth-order valence-electron chi connectivity index (χ4n) is 4.00. The first-order chi connectivity index (χ1) is 14.2. The first-order valence-corrected chi connectivity index (χ1v) is 10.2. The van der Waals surface area contributed by atoms with Gasteiger partial charge in [0.1, 0.15) is 16.9 Å². The standard InChI is InChI=1S/C24H25NO4/c1-2-28-20-13-11-17(12-14-20)16-25(19-8-4-5-9-19)23(26)21-15-18-7-3-6-10-22(18)29-24(21)27/h3,6-7,10-15,19H,2,4-5,8-9,16H2,1H3. The van der Waals surface area contributed by atoms with Gasteiger partial charge in [0.15, 0.2) is 0 Å². The van der Waals surface area contributed by atoms with Crippen molar-refractivity contribution in [3.63, 3.8) is 0 Å². The molecule has 0 unspecified atom stereocenters. The molecule has 0 atom stereocenters. The van der Waals surface area contributed by atoms with E-state index in [1.807, 2.05) is 54.3 Å². The molecule has 1 fully saturated rings. The molecule has 0 bridgehead atoms. The van der Waals surface area contributed by atoms with Crippen molar-refractivity contribution in [2.24, 2.45) is 0 Å². The number of hydrogen-bond donors (Lipinski definition) is 0. The molecule has 29 heavy (non-hydrogen) atoms. The highest BCUT2D eigenvalue weighted by Crippen LogP contribution is 2.27. The first kappa shape index (κ1) is 19.2. The smallest absolute Gasteiger partial charge is 0.349 e. The van der Waals surface area contributed by atoms with E-state index in [2.05, 4.69) is 0 Å². The van der Waals surface area contributed by atoms with E-state index in [1.54, 1.807) is 12.1 Å². The Morgan fingerprint density at radius 1 is 1.10 bits per heavy atom. The third-order valence-electron chi connectivity index (χ3n) is 5.49. The number of fused-ring (bicyclic) bond motifs is 1. The molecule has 0 saturated heterocycles. The summed E-state index contributed by atoms with van der Waals surface area (Å²) in [6, 6.07) is 16.8. The molecule has 1 aromatic heterocycles. The number of rotatable bonds is 6. The Morgan fingerprint density at radius 2 is 1.83 bits per heavy atom. The van der Waals surface area contributed by atoms with Crippen LogP contribution in [0.4, 0.5) is 0 Å². The van der Waals surface area contributed by atoms with Crippen LogP contribution in [0.25, 0.3) is 11.0 Å². The van der Waals surface area contributed by atoms with Crippen LogP contribution in [0.1, 0.15) is 48.5 Å². The molecule has 1 aliphatic rings. The summed E-state index contributed by atoms with van der Waals surface area (Å²) in [5, 5.41) is 0.753. The van der Waals surface area contributed by atoms with Crippen LogP contribution in [0.15, 0.2) is 63.8 Å². The SMILES string of the molecule is CCOc1ccc(CN(C(=O)c2cc3ccccc3oc2=O)C2CCCC2)cc1. The van der Waals surface area contributed by atoms with Gasteiger partial charge in [-0.05, 0) is 49.6 Å². The average molecular weight is 391 g/mol. The minimum atomic E-state index is -0.580. The summed E-state index contributed by atoms with van der Waals surface area (Å²) in [7, 11) is 0. The van der Waals surface area contributed by atoms with Crippen molar-refractivity contribution in [2.45, 2.75) is 45.2 Å². The van der Waals surface area contributed by atoms with Crippen molar-refractivity contribution in [3.05, 3.63) is 76.1 Å². The summed E-state index contributed by atoms with van der Waals surface area (Å²) < 4.78 is 10.9. The Balaban J connectivity index is 1.65. The number of nitrogens with zero attached hydrogens (tertiary/aromatic N) is 1. The number of hydrogen-bond acceptors (Lipinski definition) is 4. The molecule has 5 nitrogen and oxygen atoms in total. The van der Waals surface area contributed by atoms with Gasteiger partial charge in [0.05, 0.1) is 6.61 Å². The molecule has 0 spiro atoms. The van der Waals surface area contributed by atoms with Gasteiger partial charge in [-0.15, -0.1) is 0 Å². The van der Waals surface area contributed by atoms with E-state index in [4.69, 9.17) is 9.15 Å². The summed E-state index contributed by atoms with van der Waals surface area (Å²) in [6.45, 7) is 3.02. The van der Waals surface area contributed by atoms with Gasteiger partial charge in [-0.25, -0.2) is 4.79 Å². The van der Waals surface area contributed by atoms with Gasteiger partial charge in [-0.2, -0.15) is 0 Å². The first-order valence-electron chi connectivity index (χ1n) is 10.2. The summed E-state index contributed by atoms with van der Waals surface area (Å²) in [4.78, 5) is 27.8. The Labute approximate surface area is 169 Å². The lowest BCUT2D eigenvalue weighted by Crippen LogP contribution is -2.40. The molecular weight excluding hydrogens is 366 g/mol. The number of ether oxygens (including phenoxy) is 1. The number of carbonyl (C=O) groups excluding carboxylic acids is 1. The fourth-order valence-corrected chi connectivity index (χ4v) is 4.00. The Kier molecular flexibility index (Phi) is 5.65. The highest BCUT2D eigenvalue weighted by molar-refractivity contribution is 5.96. The maximum atomic E-state index is 13.4. The third-order valence-corrected chi connectivity index (χ3v) is 5.49. The van der Waals surface area contributed by atoms with Gasteiger partial charge < -0.3 is 14.1 Å². The van der Waals surface area contributed by atoms with Crippen LogP contribution in [0.5, 0.6) is 5.75 Å². The lowest BCUT2D eigenvalue weighted by molar-refractivity contribution is 0.0660. The number of para-hydroxylation sites is 1. The lowest BCUT2D eigenvalue weighted by Gasteiger charge is -2.29. The maximum absolute atomic E-state index is 13.4. The van der Waals surface area contributed by atoms with E-state index >= 15 is 0 Å². The molecule has 5 heteroatoms. The van der Waals surface area contributed by atoms with E-state index in [1.165, 1.54) is 0 Å². The second kappa shape index (κ2) is 8.52. The monoisotopic (exact) mass is 391 g/mol. The van der Waals surface area contributed by atoms with Gasteiger partial charge in [-0.1, -0.05) is 43.2 Å². The maximum Gasteiger partial charge on any atom is 0.349 e. The van der Waals surface area contributed by atoms with Crippen molar-refractivity contribution in [1.29, 1.82) is 0 Å². The molecule has 4 rings (SSSR count). The van der Waals surface area contributed by atoms with Crippen molar-refractivity contribution in [1.82, 2.24) is 4.90 Å². The van der Waals surface area contributed by atoms with Crippen molar-refractivity contribution in [2.75, 3.05) is 6.61 Å². The summed E-state index contributed by atoms with van der Waals surface area (Å²) in [5.74, 6) is 0.551. The normalized spacial score (nSPS) is 14.2. The Hall–Kier alpha value is -3.08. The predicted octanol–water partition coefficient (Wildman–Crippen LogP) is 4.78.